The minimum Gasteiger partial charge on any atom is -0.369 e. The first-order valence-corrected chi connectivity index (χ1v) is 7.09. The fourth-order valence-corrected chi connectivity index (χ4v) is 2.64. The predicted molar refractivity (Wildman–Crippen MR) is 78.8 cm³/mol. The summed E-state index contributed by atoms with van der Waals surface area (Å²) in [6.45, 7) is 4.61. The molecule has 1 saturated heterocycles. The van der Waals surface area contributed by atoms with Gasteiger partial charge >= 0.3 is 0 Å². The summed E-state index contributed by atoms with van der Waals surface area (Å²) in [5.41, 5.74) is 4.98. The number of hydrogen-bond donors (Lipinski definition) is 2. The monoisotopic (exact) mass is 307 g/mol. The van der Waals surface area contributed by atoms with Gasteiger partial charge in [0.15, 0.2) is 0 Å². The summed E-state index contributed by atoms with van der Waals surface area (Å²) in [4.78, 5) is 40.8. The van der Waals surface area contributed by atoms with Gasteiger partial charge in [-0.25, -0.2) is 4.98 Å². The van der Waals surface area contributed by atoms with Crippen molar-refractivity contribution in [2.75, 3.05) is 13.1 Å². The lowest BCUT2D eigenvalue weighted by Gasteiger charge is -2.26. The van der Waals surface area contributed by atoms with Crippen molar-refractivity contribution < 1.29 is 14.4 Å². The van der Waals surface area contributed by atoms with Crippen LogP contribution in [-0.2, 0) is 16.6 Å². The molecule has 0 saturated carbocycles. The number of hydrogen-bond acceptors (Lipinski definition) is 4. The highest BCUT2D eigenvalue weighted by atomic mass is 16.2. The van der Waals surface area contributed by atoms with Crippen LogP contribution < -0.4 is 11.1 Å². The SMILES string of the molecule is Cc1ncc(C(=O)N2CCC(C)(NC(=O)CC(N)=O)C2)n1C. The summed E-state index contributed by atoms with van der Waals surface area (Å²) in [6, 6.07) is 0. The predicted octanol–water partition coefficient (Wildman–Crippen LogP) is -0.675. The van der Waals surface area contributed by atoms with Crippen LogP contribution in [0.25, 0.3) is 0 Å². The molecular weight excluding hydrogens is 286 g/mol. The van der Waals surface area contributed by atoms with E-state index in [9.17, 15) is 14.4 Å². The summed E-state index contributed by atoms with van der Waals surface area (Å²) in [6.07, 6.45) is 1.84. The van der Waals surface area contributed by atoms with Crippen LogP contribution in [0.5, 0.6) is 0 Å². The van der Waals surface area contributed by atoms with E-state index in [2.05, 4.69) is 10.3 Å². The highest BCUT2D eigenvalue weighted by Gasteiger charge is 2.38. The van der Waals surface area contributed by atoms with Crippen molar-refractivity contribution >= 4 is 17.7 Å². The van der Waals surface area contributed by atoms with Gasteiger partial charge in [-0.3, -0.25) is 14.4 Å². The van der Waals surface area contributed by atoms with Gasteiger partial charge in [0.1, 0.15) is 17.9 Å². The van der Waals surface area contributed by atoms with E-state index >= 15 is 0 Å². The zero-order valence-electron chi connectivity index (χ0n) is 13.0. The van der Waals surface area contributed by atoms with Gasteiger partial charge in [-0.15, -0.1) is 0 Å². The molecule has 1 aromatic rings. The number of nitrogens with zero attached hydrogens (tertiary/aromatic N) is 3. The van der Waals surface area contributed by atoms with Crippen molar-refractivity contribution in [2.45, 2.75) is 32.2 Å². The van der Waals surface area contributed by atoms with Crippen LogP contribution in [0.2, 0.25) is 0 Å². The molecule has 1 aromatic heterocycles. The smallest absolute Gasteiger partial charge is 0.272 e. The lowest BCUT2D eigenvalue weighted by Crippen LogP contribution is -2.49. The lowest BCUT2D eigenvalue weighted by atomic mass is 10.0. The van der Waals surface area contributed by atoms with Gasteiger partial charge in [0.25, 0.3) is 5.91 Å². The van der Waals surface area contributed by atoms with Crippen LogP contribution in [0, 0.1) is 6.92 Å². The van der Waals surface area contributed by atoms with Crippen molar-refractivity contribution in [3.63, 3.8) is 0 Å². The molecule has 0 aromatic carbocycles. The van der Waals surface area contributed by atoms with Crippen LogP contribution in [-0.4, -0.2) is 50.8 Å². The molecule has 2 rings (SSSR count). The number of nitrogens with one attached hydrogen (secondary N) is 1. The molecule has 3 amide bonds. The summed E-state index contributed by atoms with van der Waals surface area (Å²) in [7, 11) is 1.79. The maximum absolute atomic E-state index is 12.5. The third-order valence-corrected chi connectivity index (χ3v) is 3.98. The molecule has 1 aliphatic rings. The minimum atomic E-state index is -0.669. The van der Waals surface area contributed by atoms with Crippen LogP contribution >= 0.6 is 0 Å². The van der Waals surface area contributed by atoms with Crippen LogP contribution in [0.4, 0.5) is 0 Å². The standard InChI is InChI=1S/C14H21N5O3/c1-9-16-7-10(18(9)3)13(22)19-5-4-14(2,8-19)17-12(21)6-11(15)20/h7H,4-6,8H2,1-3H3,(H2,15,20)(H,17,21). The van der Waals surface area contributed by atoms with E-state index < -0.39 is 17.4 Å². The third-order valence-electron chi connectivity index (χ3n) is 3.98. The second-order valence-corrected chi connectivity index (χ2v) is 5.98. The number of aryl methyl sites for hydroxylation is 1. The highest BCUT2D eigenvalue weighted by molar-refractivity contribution is 5.96. The molecule has 0 radical (unpaired) electrons. The summed E-state index contributed by atoms with van der Waals surface area (Å²) in [5, 5.41) is 2.79. The number of carbonyl (C=O) groups is 3. The Bertz CT molecular complexity index is 624. The van der Waals surface area contributed by atoms with E-state index in [1.54, 1.807) is 22.7 Å². The number of imidazole rings is 1. The van der Waals surface area contributed by atoms with Gasteiger partial charge in [-0.2, -0.15) is 0 Å². The zero-order chi connectivity index (χ0) is 16.5. The van der Waals surface area contributed by atoms with Gasteiger partial charge < -0.3 is 20.5 Å². The molecule has 0 bridgehead atoms. The second kappa shape index (κ2) is 5.78. The number of amides is 3. The quantitative estimate of drug-likeness (QED) is 0.718. The largest absolute Gasteiger partial charge is 0.369 e. The Morgan fingerprint density at radius 2 is 2.14 bits per heavy atom. The zero-order valence-corrected chi connectivity index (χ0v) is 13.0. The molecule has 22 heavy (non-hydrogen) atoms. The fraction of sp³-hybridized carbons (Fsp3) is 0.571. The van der Waals surface area contributed by atoms with E-state index in [1.807, 2.05) is 13.8 Å². The molecule has 1 atom stereocenters. The van der Waals surface area contributed by atoms with E-state index in [-0.39, 0.29) is 12.3 Å². The molecule has 0 aliphatic carbocycles. The molecule has 2 heterocycles. The highest BCUT2D eigenvalue weighted by Crippen LogP contribution is 2.22. The first kappa shape index (κ1) is 16.0. The minimum absolute atomic E-state index is 0.115. The summed E-state index contributed by atoms with van der Waals surface area (Å²) in [5.74, 6) is -0.436. The van der Waals surface area contributed by atoms with Crippen LogP contribution in [0.15, 0.2) is 6.20 Å². The van der Waals surface area contributed by atoms with Gasteiger partial charge in [-0.05, 0) is 20.3 Å². The molecule has 8 nitrogen and oxygen atoms in total. The van der Waals surface area contributed by atoms with Crippen molar-refractivity contribution in [1.82, 2.24) is 19.8 Å². The Hall–Kier alpha value is -2.38. The molecular formula is C14H21N5O3. The van der Waals surface area contributed by atoms with Crippen molar-refractivity contribution in [3.8, 4) is 0 Å². The van der Waals surface area contributed by atoms with E-state index in [0.29, 0.717) is 25.2 Å². The normalized spacial score (nSPS) is 21.0. The second-order valence-electron chi connectivity index (χ2n) is 5.98. The molecule has 0 spiro atoms. The van der Waals surface area contributed by atoms with Gasteiger partial charge in [0.05, 0.1) is 11.7 Å². The maximum Gasteiger partial charge on any atom is 0.272 e. The van der Waals surface area contributed by atoms with Gasteiger partial charge in [0, 0.05) is 20.1 Å². The Labute approximate surface area is 128 Å². The van der Waals surface area contributed by atoms with E-state index in [0.717, 1.165) is 5.82 Å². The van der Waals surface area contributed by atoms with Crippen molar-refractivity contribution in [1.29, 1.82) is 0 Å². The summed E-state index contributed by atoms with van der Waals surface area (Å²) >= 11 is 0. The number of rotatable bonds is 4. The topological polar surface area (TPSA) is 110 Å². The molecule has 8 heteroatoms. The number of likely N-dealkylation sites (tertiary alicyclic amines) is 1. The van der Waals surface area contributed by atoms with Crippen LogP contribution in [0.1, 0.15) is 36.1 Å². The number of nitrogens with two attached hydrogens (primary N) is 1. The average molecular weight is 307 g/mol. The molecule has 1 unspecified atom stereocenters. The molecule has 1 aliphatic heterocycles. The van der Waals surface area contributed by atoms with Crippen molar-refractivity contribution in [2.24, 2.45) is 12.8 Å². The Kier molecular flexibility index (Phi) is 4.20. The third kappa shape index (κ3) is 3.26. The summed E-state index contributed by atoms with van der Waals surface area (Å²) < 4.78 is 1.74. The van der Waals surface area contributed by atoms with Crippen molar-refractivity contribution in [3.05, 3.63) is 17.7 Å². The first-order valence-electron chi connectivity index (χ1n) is 7.09. The van der Waals surface area contributed by atoms with E-state index in [4.69, 9.17) is 5.73 Å². The van der Waals surface area contributed by atoms with Crippen LogP contribution in [0.3, 0.4) is 0 Å². The molecule has 1 fully saturated rings. The van der Waals surface area contributed by atoms with Gasteiger partial charge in [0.2, 0.25) is 11.8 Å². The van der Waals surface area contributed by atoms with Gasteiger partial charge in [-0.1, -0.05) is 0 Å². The Morgan fingerprint density at radius 1 is 1.45 bits per heavy atom. The first-order chi connectivity index (χ1) is 10.2. The lowest BCUT2D eigenvalue weighted by molar-refractivity contribution is -0.128. The molecule has 3 N–H and O–H groups in total. The average Bonchev–Trinajstić information content (AvgIpc) is 2.93. The Morgan fingerprint density at radius 3 is 2.68 bits per heavy atom. The number of aromatic nitrogens is 2. The van der Waals surface area contributed by atoms with E-state index in [1.165, 1.54) is 0 Å². The number of carbonyl (C=O) groups excluding carboxylic acids is 3. The Balaban J connectivity index is 2.02. The number of primary amides is 1. The molecule has 120 valence electrons. The fourth-order valence-electron chi connectivity index (χ4n) is 2.64. The maximum atomic E-state index is 12.5.